The molecule has 1 saturated carbocycles. The lowest BCUT2D eigenvalue weighted by molar-refractivity contribution is 0.324. The zero-order valence-electron chi connectivity index (χ0n) is 11.8. The van der Waals surface area contributed by atoms with Crippen molar-refractivity contribution in [3.8, 4) is 0 Å². The number of hydrogen-bond donors (Lipinski definition) is 0. The lowest BCUT2D eigenvalue weighted by Crippen LogP contribution is -2.33. The summed E-state index contributed by atoms with van der Waals surface area (Å²) in [6.45, 7) is 7.79. The summed E-state index contributed by atoms with van der Waals surface area (Å²) in [6, 6.07) is 7.16. The molecule has 1 aromatic carbocycles. The van der Waals surface area contributed by atoms with Crippen LogP contribution in [0.3, 0.4) is 0 Å². The van der Waals surface area contributed by atoms with Gasteiger partial charge in [0, 0.05) is 13.1 Å². The van der Waals surface area contributed by atoms with Crippen molar-refractivity contribution >= 4 is 10.0 Å². The SMILES string of the molecule is Cc1ccc(S(=O)(=O)N2C[C@@H]3C[C@]3(C(C)C)C2)cc1. The molecular weight excluding hydrogens is 258 g/mol. The van der Waals surface area contributed by atoms with Gasteiger partial charge < -0.3 is 0 Å². The van der Waals surface area contributed by atoms with Crippen molar-refractivity contribution in [3.63, 3.8) is 0 Å². The molecule has 0 bridgehead atoms. The minimum atomic E-state index is -3.30. The zero-order chi connectivity index (χ0) is 13.8. The van der Waals surface area contributed by atoms with Crippen molar-refractivity contribution in [2.24, 2.45) is 17.3 Å². The molecule has 0 amide bonds. The molecule has 1 aromatic rings. The van der Waals surface area contributed by atoms with Crippen molar-refractivity contribution < 1.29 is 8.42 Å². The number of piperidine rings is 1. The van der Waals surface area contributed by atoms with Crippen LogP contribution in [0, 0.1) is 24.2 Å². The van der Waals surface area contributed by atoms with E-state index in [1.165, 1.54) is 6.42 Å². The van der Waals surface area contributed by atoms with E-state index in [2.05, 4.69) is 13.8 Å². The second-order valence-electron chi connectivity index (χ2n) is 6.40. The summed E-state index contributed by atoms with van der Waals surface area (Å²) >= 11 is 0. The first-order valence-corrected chi connectivity index (χ1v) is 8.37. The molecule has 0 unspecified atom stereocenters. The van der Waals surface area contributed by atoms with Crippen LogP contribution in [-0.2, 0) is 10.0 Å². The highest BCUT2D eigenvalue weighted by Crippen LogP contribution is 2.62. The maximum atomic E-state index is 12.6. The van der Waals surface area contributed by atoms with E-state index >= 15 is 0 Å². The molecule has 2 aliphatic rings. The Morgan fingerprint density at radius 1 is 1.26 bits per heavy atom. The van der Waals surface area contributed by atoms with Crippen molar-refractivity contribution in [2.45, 2.75) is 32.1 Å². The van der Waals surface area contributed by atoms with Crippen LogP contribution in [0.25, 0.3) is 0 Å². The Kier molecular flexibility index (Phi) is 2.81. The van der Waals surface area contributed by atoms with Crippen LogP contribution in [0.5, 0.6) is 0 Å². The van der Waals surface area contributed by atoms with Gasteiger partial charge in [0.05, 0.1) is 4.90 Å². The number of nitrogens with zero attached hydrogens (tertiary/aromatic N) is 1. The number of benzene rings is 1. The van der Waals surface area contributed by atoms with Gasteiger partial charge in [-0.15, -0.1) is 0 Å². The van der Waals surface area contributed by atoms with E-state index in [4.69, 9.17) is 0 Å². The highest BCUT2D eigenvalue weighted by molar-refractivity contribution is 7.89. The molecule has 1 heterocycles. The maximum Gasteiger partial charge on any atom is 0.243 e. The van der Waals surface area contributed by atoms with Gasteiger partial charge in [0.1, 0.15) is 0 Å². The van der Waals surface area contributed by atoms with Gasteiger partial charge >= 0.3 is 0 Å². The molecule has 0 radical (unpaired) electrons. The highest BCUT2D eigenvalue weighted by atomic mass is 32.2. The van der Waals surface area contributed by atoms with Crippen LogP contribution >= 0.6 is 0 Å². The third kappa shape index (κ3) is 1.93. The van der Waals surface area contributed by atoms with Crippen molar-refractivity contribution in [2.75, 3.05) is 13.1 Å². The molecule has 4 heteroatoms. The Balaban J connectivity index is 1.86. The largest absolute Gasteiger partial charge is 0.243 e. The summed E-state index contributed by atoms with van der Waals surface area (Å²) in [5.74, 6) is 1.14. The van der Waals surface area contributed by atoms with Crippen molar-refractivity contribution in [3.05, 3.63) is 29.8 Å². The molecule has 19 heavy (non-hydrogen) atoms. The fourth-order valence-corrected chi connectivity index (χ4v) is 4.98. The Labute approximate surface area is 115 Å². The van der Waals surface area contributed by atoms with Crippen LogP contribution in [0.2, 0.25) is 0 Å². The third-order valence-corrected chi connectivity index (χ3v) is 6.81. The topological polar surface area (TPSA) is 37.4 Å². The van der Waals surface area contributed by atoms with E-state index in [-0.39, 0.29) is 5.41 Å². The second kappa shape index (κ2) is 4.06. The summed E-state index contributed by atoms with van der Waals surface area (Å²) in [7, 11) is -3.30. The first-order chi connectivity index (χ1) is 8.86. The smallest absolute Gasteiger partial charge is 0.207 e. The van der Waals surface area contributed by atoms with Crippen molar-refractivity contribution in [1.29, 1.82) is 0 Å². The van der Waals surface area contributed by atoms with Gasteiger partial charge in [0.15, 0.2) is 0 Å². The molecule has 104 valence electrons. The lowest BCUT2D eigenvalue weighted by atomic mass is 9.92. The number of aryl methyl sites for hydroxylation is 1. The molecule has 0 aromatic heterocycles. The predicted molar refractivity (Wildman–Crippen MR) is 75.3 cm³/mol. The number of sulfonamides is 1. The van der Waals surface area contributed by atoms with E-state index in [0.717, 1.165) is 5.56 Å². The second-order valence-corrected chi connectivity index (χ2v) is 8.34. The van der Waals surface area contributed by atoms with Crippen LogP contribution in [-0.4, -0.2) is 25.8 Å². The molecule has 1 aliphatic carbocycles. The Morgan fingerprint density at radius 3 is 2.42 bits per heavy atom. The van der Waals surface area contributed by atoms with Crippen LogP contribution in [0.4, 0.5) is 0 Å². The van der Waals surface area contributed by atoms with E-state index in [1.807, 2.05) is 19.1 Å². The molecule has 3 rings (SSSR count). The van der Waals surface area contributed by atoms with Crippen LogP contribution in [0.15, 0.2) is 29.2 Å². The Hall–Kier alpha value is -0.870. The first kappa shape index (κ1) is 13.1. The van der Waals surface area contributed by atoms with E-state index < -0.39 is 10.0 Å². The zero-order valence-corrected chi connectivity index (χ0v) is 12.6. The van der Waals surface area contributed by atoms with Crippen molar-refractivity contribution in [1.82, 2.24) is 4.31 Å². The molecule has 1 saturated heterocycles. The molecule has 0 spiro atoms. The molecule has 1 aliphatic heterocycles. The van der Waals surface area contributed by atoms with Gasteiger partial charge in [-0.2, -0.15) is 4.31 Å². The van der Waals surface area contributed by atoms with Crippen LogP contribution in [0.1, 0.15) is 25.8 Å². The summed E-state index contributed by atoms with van der Waals surface area (Å²) in [4.78, 5) is 0.429. The number of rotatable bonds is 3. The molecular formula is C15H21NO2S. The molecule has 3 nitrogen and oxygen atoms in total. The maximum absolute atomic E-state index is 12.6. The van der Waals surface area contributed by atoms with Gasteiger partial charge in [0.2, 0.25) is 10.0 Å². The van der Waals surface area contributed by atoms with Gasteiger partial charge in [-0.25, -0.2) is 8.42 Å². The van der Waals surface area contributed by atoms with Gasteiger partial charge in [-0.05, 0) is 42.7 Å². The number of fused-ring (bicyclic) bond motifs is 1. The molecule has 2 atom stereocenters. The third-order valence-electron chi connectivity index (χ3n) is 4.98. The lowest BCUT2D eigenvalue weighted by Gasteiger charge is -2.22. The first-order valence-electron chi connectivity index (χ1n) is 6.93. The minimum absolute atomic E-state index is 0.262. The average molecular weight is 279 g/mol. The van der Waals surface area contributed by atoms with E-state index in [9.17, 15) is 8.42 Å². The monoisotopic (exact) mass is 279 g/mol. The summed E-state index contributed by atoms with van der Waals surface area (Å²) in [6.07, 6.45) is 1.20. The van der Waals surface area contributed by atoms with E-state index in [1.54, 1.807) is 16.4 Å². The summed E-state index contributed by atoms with van der Waals surface area (Å²) in [5.41, 5.74) is 1.35. The van der Waals surface area contributed by atoms with Gasteiger partial charge in [-0.3, -0.25) is 0 Å². The van der Waals surface area contributed by atoms with Gasteiger partial charge in [0.25, 0.3) is 0 Å². The standard InChI is InChI=1S/C15H21NO2S/c1-11(2)15-8-13(15)9-16(10-15)19(17,18)14-6-4-12(3)5-7-14/h4-7,11,13H,8-10H2,1-3H3/t13-,15+/m0/s1. The predicted octanol–water partition coefficient (Wildman–Crippen LogP) is 2.66. The van der Waals surface area contributed by atoms with E-state index in [0.29, 0.717) is 29.8 Å². The Bertz CT molecular complexity index is 591. The van der Waals surface area contributed by atoms with Crippen LogP contribution < -0.4 is 0 Å². The quantitative estimate of drug-likeness (QED) is 0.853. The average Bonchev–Trinajstić information content (AvgIpc) is 2.93. The fourth-order valence-electron chi connectivity index (χ4n) is 3.41. The van der Waals surface area contributed by atoms with Gasteiger partial charge in [-0.1, -0.05) is 31.5 Å². The fraction of sp³-hybridized carbons (Fsp3) is 0.600. The molecule has 0 N–H and O–H groups in total. The normalized spacial score (nSPS) is 30.6. The molecule has 2 fully saturated rings. The minimum Gasteiger partial charge on any atom is -0.207 e. The Morgan fingerprint density at radius 2 is 1.89 bits per heavy atom. The highest BCUT2D eigenvalue weighted by Gasteiger charge is 2.63. The summed E-state index contributed by atoms with van der Waals surface area (Å²) < 4.78 is 26.9. The number of hydrogen-bond acceptors (Lipinski definition) is 2. The summed E-state index contributed by atoms with van der Waals surface area (Å²) in [5, 5.41) is 0.